The van der Waals surface area contributed by atoms with Crippen LogP contribution in [0.15, 0.2) is 18.2 Å². The third-order valence-electron chi connectivity index (χ3n) is 5.96. The number of piperidine rings is 1. The lowest BCUT2D eigenvalue weighted by Crippen LogP contribution is -2.46. The van der Waals surface area contributed by atoms with Gasteiger partial charge in [0, 0.05) is 31.2 Å². The lowest BCUT2D eigenvalue weighted by atomic mass is 9.96. The third kappa shape index (κ3) is 6.39. The number of rotatable bonds is 6. The van der Waals surface area contributed by atoms with Crippen molar-refractivity contribution in [1.82, 2.24) is 14.5 Å². The molecule has 1 amide bonds. The monoisotopic (exact) mass is 465 g/mol. The fourth-order valence-electron chi connectivity index (χ4n) is 4.32. The Morgan fingerprint density at radius 3 is 2.42 bits per heavy atom. The molecule has 6 nitrogen and oxygen atoms in total. The summed E-state index contributed by atoms with van der Waals surface area (Å²) < 4.78 is 77.3. The number of sulfonamides is 1. The highest BCUT2D eigenvalue weighted by atomic mass is 32.2. The van der Waals surface area contributed by atoms with E-state index in [9.17, 15) is 30.8 Å². The topological polar surface area (TPSA) is 69.7 Å². The summed E-state index contributed by atoms with van der Waals surface area (Å²) >= 11 is 0. The molecule has 2 fully saturated rings. The van der Waals surface area contributed by atoms with Crippen LogP contribution in [-0.2, 0) is 16.2 Å². The first kappa shape index (κ1) is 23.9. The number of benzene rings is 1. The molecular weight excluding hydrogens is 438 g/mol. The Labute approximate surface area is 179 Å². The highest BCUT2D eigenvalue weighted by molar-refractivity contribution is 7.88. The van der Waals surface area contributed by atoms with Crippen LogP contribution in [0.4, 0.5) is 17.6 Å². The van der Waals surface area contributed by atoms with E-state index in [-0.39, 0.29) is 17.5 Å². The van der Waals surface area contributed by atoms with Gasteiger partial charge in [-0.1, -0.05) is 0 Å². The van der Waals surface area contributed by atoms with Crippen molar-refractivity contribution in [3.8, 4) is 0 Å². The quantitative estimate of drug-likeness (QED) is 0.656. The number of carbonyl (C=O) groups is 1. The van der Waals surface area contributed by atoms with Crippen molar-refractivity contribution >= 4 is 15.9 Å². The van der Waals surface area contributed by atoms with E-state index in [4.69, 9.17) is 0 Å². The Bertz CT molecular complexity index is 899. The van der Waals surface area contributed by atoms with Gasteiger partial charge in [-0.3, -0.25) is 4.79 Å². The van der Waals surface area contributed by atoms with E-state index in [1.165, 1.54) is 6.26 Å². The van der Waals surface area contributed by atoms with Crippen LogP contribution < -0.4 is 5.32 Å². The van der Waals surface area contributed by atoms with Crippen molar-refractivity contribution in [3.63, 3.8) is 0 Å². The third-order valence-corrected chi connectivity index (χ3v) is 7.30. The number of hydrogen-bond acceptors (Lipinski definition) is 4. The first-order valence-electron chi connectivity index (χ1n) is 10.3. The van der Waals surface area contributed by atoms with Crippen molar-refractivity contribution in [1.29, 1.82) is 0 Å². The molecule has 2 aliphatic heterocycles. The van der Waals surface area contributed by atoms with Gasteiger partial charge < -0.3 is 10.2 Å². The minimum absolute atomic E-state index is 0.0120. The molecule has 0 radical (unpaired) electrons. The number of halogens is 4. The number of hydrogen-bond donors (Lipinski definition) is 1. The molecule has 0 spiro atoms. The number of likely N-dealkylation sites (tertiary alicyclic amines) is 1. The molecule has 0 saturated carbocycles. The van der Waals surface area contributed by atoms with Gasteiger partial charge in [-0.15, -0.1) is 0 Å². The number of amides is 1. The molecule has 1 N–H and O–H groups in total. The number of nitrogens with zero attached hydrogens (tertiary/aromatic N) is 2. The van der Waals surface area contributed by atoms with Crippen molar-refractivity contribution in [2.75, 3.05) is 39.0 Å². The molecule has 2 aliphatic rings. The summed E-state index contributed by atoms with van der Waals surface area (Å²) in [5.74, 6) is -1.68. The molecule has 0 unspecified atom stereocenters. The van der Waals surface area contributed by atoms with E-state index in [2.05, 4.69) is 10.2 Å². The van der Waals surface area contributed by atoms with E-state index < -0.39 is 33.5 Å². The SMILES string of the molecule is CS(=O)(=O)N1CCC[C@H]1CN1CCC(CNC(=O)c2cc(F)cc(C(F)(F)F)c2)CC1. The Morgan fingerprint density at radius 2 is 1.81 bits per heavy atom. The van der Waals surface area contributed by atoms with Crippen LogP contribution in [0.5, 0.6) is 0 Å². The zero-order valence-corrected chi connectivity index (χ0v) is 18.1. The smallest absolute Gasteiger partial charge is 0.352 e. The molecule has 2 heterocycles. The highest BCUT2D eigenvalue weighted by Crippen LogP contribution is 2.30. The van der Waals surface area contributed by atoms with Crippen LogP contribution in [0.2, 0.25) is 0 Å². The van der Waals surface area contributed by atoms with Crippen LogP contribution in [-0.4, -0.2) is 68.6 Å². The van der Waals surface area contributed by atoms with E-state index in [0.717, 1.165) is 44.8 Å². The largest absolute Gasteiger partial charge is 0.416 e. The predicted octanol–water partition coefficient (Wildman–Crippen LogP) is 2.71. The second kappa shape index (κ2) is 9.41. The van der Waals surface area contributed by atoms with Gasteiger partial charge in [-0.25, -0.2) is 12.8 Å². The van der Waals surface area contributed by atoms with Crippen molar-refractivity contribution in [2.45, 2.75) is 37.9 Å². The average Bonchev–Trinajstić information content (AvgIpc) is 3.14. The van der Waals surface area contributed by atoms with Crippen LogP contribution in [0.25, 0.3) is 0 Å². The average molecular weight is 466 g/mol. The highest BCUT2D eigenvalue weighted by Gasteiger charge is 2.34. The van der Waals surface area contributed by atoms with Gasteiger partial charge >= 0.3 is 6.18 Å². The lowest BCUT2D eigenvalue weighted by Gasteiger charge is -2.35. The van der Waals surface area contributed by atoms with Gasteiger partial charge in [0.1, 0.15) is 5.82 Å². The summed E-state index contributed by atoms with van der Waals surface area (Å²) in [5, 5.41) is 2.61. The minimum atomic E-state index is -4.73. The van der Waals surface area contributed by atoms with E-state index in [1.807, 2.05) is 0 Å². The predicted molar refractivity (Wildman–Crippen MR) is 107 cm³/mol. The molecule has 2 saturated heterocycles. The summed E-state index contributed by atoms with van der Waals surface area (Å²) in [4.78, 5) is 14.4. The van der Waals surface area contributed by atoms with E-state index in [1.54, 1.807) is 4.31 Å². The zero-order chi connectivity index (χ0) is 22.8. The molecule has 31 heavy (non-hydrogen) atoms. The standard InChI is InChI=1S/C20H27F4N3O3S/c1-31(29,30)27-6-2-3-18(27)13-26-7-4-14(5-8-26)12-25-19(28)15-9-16(20(22,23)24)11-17(21)10-15/h9-11,14,18H,2-8,12-13H2,1H3,(H,25,28)/t18-/m0/s1. The summed E-state index contributed by atoms with van der Waals surface area (Å²) in [6, 6.07) is 1.79. The summed E-state index contributed by atoms with van der Waals surface area (Å²) in [7, 11) is -3.21. The number of carbonyl (C=O) groups excluding carboxylic acids is 1. The Morgan fingerprint density at radius 1 is 1.13 bits per heavy atom. The first-order valence-corrected chi connectivity index (χ1v) is 12.1. The molecule has 1 aromatic rings. The number of nitrogens with one attached hydrogen (secondary N) is 1. The summed E-state index contributed by atoms with van der Waals surface area (Å²) in [5.41, 5.74) is -1.55. The fourth-order valence-corrected chi connectivity index (χ4v) is 5.50. The van der Waals surface area contributed by atoms with Crippen LogP contribution in [0.3, 0.4) is 0 Å². The van der Waals surface area contributed by atoms with Crippen molar-refractivity contribution in [2.24, 2.45) is 5.92 Å². The molecule has 1 aromatic carbocycles. The maximum Gasteiger partial charge on any atom is 0.416 e. The van der Waals surface area contributed by atoms with Crippen LogP contribution in [0.1, 0.15) is 41.6 Å². The second-order valence-electron chi connectivity index (χ2n) is 8.35. The van der Waals surface area contributed by atoms with Gasteiger partial charge in [-0.05, 0) is 62.9 Å². The molecule has 1 atom stereocenters. The Hall–Kier alpha value is -1.72. The van der Waals surface area contributed by atoms with Gasteiger partial charge in [0.15, 0.2) is 0 Å². The first-order chi connectivity index (χ1) is 14.4. The molecule has 0 bridgehead atoms. The Kier molecular flexibility index (Phi) is 7.27. The molecule has 3 rings (SSSR count). The van der Waals surface area contributed by atoms with Gasteiger partial charge in [0.05, 0.1) is 11.8 Å². The lowest BCUT2D eigenvalue weighted by molar-refractivity contribution is -0.137. The summed E-state index contributed by atoms with van der Waals surface area (Å²) in [6.45, 7) is 3.04. The van der Waals surface area contributed by atoms with Gasteiger partial charge in [0.2, 0.25) is 10.0 Å². The van der Waals surface area contributed by atoms with Crippen molar-refractivity contribution < 1.29 is 30.8 Å². The van der Waals surface area contributed by atoms with E-state index >= 15 is 0 Å². The van der Waals surface area contributed by atoms with Crippen LogP contribution in [0, 0.1) is 11.7 Å². The molecule has 0 aliphatic carbocycles. The molecular formula is C20H27F4N3O3S. The van der Waals surface area contributed by atoms with Crippen molar-refractivity contribution in [3.05, 3.63) is 35.1 Å². The van der Waals surface area contributed by atoms with Gasteiger partial charge in [0.25, 0.3) is 5.91 Å². The maximum atomic E-state index is 13.5. The Balaban J connectivity index is 1.47. The normalized spacial score (nSPS) is 22.0. The van der Waals surface area contributed by atoms with Gasteiger partial charge in [-0.2, -0.15) is 17.5 Å². The van der Waals surface area contributed by atoms with E-state index in [0.29, 0.717) is 31.8 Å². The maximum absolute atomic E-state index is 13.5. The fraction of sp³-hybridized carbons (Fsp3) is 0.650. The minimum Gasteiger partial charge on any atom is -0.352 e. The molecule has 11 heteroatoms. The summed E-state index contributed by atoms with van der Waals surface area (Å²) in [6.07, 6.45) is -0.231. The molecule has 0 aromatic heterocycles. The number of alkyl halides is 3. The second-order valence-corrected chi connectivity index (χ2v) is 10.3. The molecule has 174 valence electrons. The zero-order valence-electron chi connectivity index (χ0n) is 17.3. The van der Waals surface area contributed by atoms with Crippen LogP contribution >= 0.6 is 0 Å².